The summed E-state index contributed by atoms with van der Waals surface area (Å²) in [7, 11) is 1.54. The summed E-state index contributed by atoms with van der Waals surface area (Å²) in [6.45, 7) is 0.919. The Balaban J connectivity index is 1.74. The minimum Gasteiger partial charge on any atom is -0.507 e. The molecule has 1 saturated heterocycles. The number of Topliss-reactive ketones (excluding diaryl/α,β-unsaturated/α-hetero) is 1. The van der Waals surface area contributed by atoms with Gasteiger partial charge in [-0.15, -0.1) is 0 Å². The van der Waals surface area contributed by atoms with Crippen molar-refractivity contribution < 1.29 is 19.4 Å². The van der Waals surface area contributed by atoms with Crippen molar-refractivity contribution in [3.63, 3.8) is 0 Å². The highest BCUT2D eigenvalue weighted by molar-refractivity contribution is 6.46. The summed E-state index contributed by atoms with van der Waals surface area (Å²) >= 11 is 12.3. The van der Waals surface area contributed by atoms with Crippen LogP contribution in [-0.2, 0) is 16.1 Å². The van der Waals surface area contributed by atoms with Gasteiger partial charge in [-0.05, 0) is 48.4 Å². The molecule has 7 nitrogen and oxygen atoms in total. The molecule has 1 amide bonds. The summed E-state index contributed by atoms with van der Waals surface area (Å²) in [5, 5.41) is 11.7. The van der Waals surface area contributed by atoms with Gasteiger partial charge in [-0.25, -0.2) is 4.98 Å². The van der Waals surface area contributed by atoms with E-state index in [0.29, 0.717) is 46.4 Å². The molecule has 1 unspecified atom stereocenters. The summed E-state index contributed by atoms with van der Waals surface area (Å²) < 4.78 is 7.05. The van der Waals surface area contributed by atoms with Crippen LogP contribution in [0, 0.1) is 0 Å². The molecule has 2 heterocycles. The molecule has 1 N–H and O–H groups in total. The number of carbonyl (C=O) groups is 2. The van der Waals surface area contributed by atoms with Gasteiger partial charge in [0, 0.05) is 31.0 Å². The van der Waals surface area contributed by atoms with Crippen LogP contribution in [0.15, 0.2) is 66.8 Å². The van der Waals surface area contributed by atoms with Gasteiger partial charge < -0.3 is 19.3 Å². The second-order valence-corrected chi connectivity index (χ2v) is 8.36. The summed E-state index contributed by atoms with van der Waals surface area (Å²) in [5.74, 6) is -1.08. The molecule has 1 aromatic heterocycles. The quantitative estimate of drug-likeness (QED) is 0.297. The minimum absolute atomic E-state index is 0.00573. The zero-order chi connectivity index (χ0) is 23.5. The molecule has 0 radical (unpaired) electrons. The van der Waals surface area contributed by atoms with Crippen molar-refractivity contribution in [2.45, 2.75) is 19.0 Å². The van der Waals surface area contributed by atoms with Crippen LogP contribution in [0.3, 0.4) is 0 Å². The molecule has 9 heteroatoms. The lowest BCUT2D eigenvalue weighted by molar-refractivity contribution is -0.139. The first-order chi connectivity index (χ1) is 15.9. The lowest BCUT2D eigenvalue weighted by Gasteiger charge is -2.25. The number of ketones is 1. The Kier molecular flexibility index (Phi) is 6.72. The highest BCUT2D eigenvalue weighted by Gasteiger charge is 2.45. The zero-order valence-electron chi connectivity index (χ0n) is 17.7. The first-order valence-corrected chi connectivity index (χ1v) is 11.0. The third kappa shape index (κ3) is 4.60. The minimum atomic E-state index is -0.801. The highest BCUT2D eigenvalue weighted by atomic mass is 35.5. The lowest BCUT2D eigenvalue weighted by Crippen LogP contribution is -2.31. The summed E-state index contributed by atoms with van der Waals surface area (Å²) in [4.78, 5) is 31.6. The first-order valence-electron chi connectivity index (χ1n) is 10.2. The van der Waals surface area contributed by atoms with Gasteiger partial charge in [0.2, 0.25) is 0 Å². The number of rotatable bonds is 7. The van der Waals surface area contributed by atoms with Crippen molar-refractivity contribution in [1.29, 1.82) is 0 Å². The Morgan fingerprint density at radius 2 is 1.85 bits per heavy atom. The van der Waals surface area contributed by atoms with E-state index in [1.165, 1.54) is 12.0 Å². The van der Waals surface area contributed by atoms with E-state index in [0.717, 1.165) is 0 Å². The van der Waals surface area contributed by atoms with Crippen molar-refractivity contribution in [3.8, 4) is 5.75 Å². The van der Waals surface area contributed by atoms with Gasteiger partial charge in [-0.2, -0.15) is 0 Å². The molecule has 2 aromatic carbocycles. The maximum absolute atomic E-state index is 13.1. The molecule has 0 aliphatic carbocycles. The Labute approximate surface area is 200 Å². The summed E-state index contributed by atoms with van der Waals surface area (Å²) in [5.41, 5.74) is 0.991. The van der Waals surface area contributed by atoms with E-state index >= 15 is 0 Å². The SMILES string of the molecule is COc1ccc(C(O)=C2C(=O)C(=O)N(CCCn3ccnc3)C2c2ccc(Cl)c(Cl)c2)cc1. The number of likely N-dealkylation sites (tertiary alicyclic amines) is 1. The summed E-state index contributed by atoms with van der Waals surface area (Å²) in [6, 6.07) is 10.7. The maximum Gasteiger partial charge on any atom is 0.295 e. The third-order valence-corrected chi connectivity index (χ3v) is 6.28. The van der Waals surface area contributed by atoms with Crippen LogP contribution in [0.25, 0.3) is 5.76 Å². The number of methoxy groups -OCH3 is 1. The molecule has 1 atom stereocenters. The zero-order valence-corrected chi connectivity index (χ0v) is 19.3. The summed E-state index contributed by atoms with van der Waals surface area (Å²) in [6.07, 6.45) is 5.78. The van der Waals surface area contributed by atoms with Gasteiger partial charge in [0.25, 0.3) is 11.7 Å². The van der Waals surface area contributed by atoms with Gasteiger partial charge in [-0.3, -0.25) is 9.59 Å². The van der Waals surface area contributed by atoms with E-state index < -0.39 is 17.7 Å². The van der Waals surface area contributed by atoms with E-state index in [1.54, 1.807) is 55.0 Å². The van der Waals surface area contributed by atoms with Gasteiger partial charge in [0.05, 0.1) is 35.1 Å². The predicted molar refractivity (Wildman–Crippen MR) is 125 cm³/mol. The van der Waals surface area contributed by atoms with Gasteiger partial charge in [-0.1, -0.05) is 29.3 Å². The highest BCUT2D eigenvalue weighted by Crippen LogP contribution is 2.41. The molecule has 1 aliphatic heterocycles. The van der Waals surface area contributed by atoms with E-state index in [4.69, 9.17) is 27.9 Å². The second-order valence-electron chi connectivity index (χ2n) is 7.55. The number of nitrogens with zero attached hydrogens (tertiary/aromatic N) is 3. The van der Waals surface area contributed by atoms with Gasteiger partial charge in [0.1, 0.15) is 11.5 Å². The Morgan fingerprint density at radius 1 is 1.09 bits per heavy atom. The average molecular weight is 486 g/mol. The predicted octanol–water partition coefficient (Wildman–Crippen LogP) is 4.71. The molecule has 33 heavy (non-hydrogen) atoms. The Bertz CT molecular complexity index is 1210. The van der Waals surface area contributed by atoms with Crippen LogP contribution in [0.5, 0.6) is 5.75 Å². The van der Waals surface area contributed by atoms with E-state index in [9.17, 15) is 14.7 Å². The van der Waals surface area contributed by atoms with Crippen molar-refractivity contribution in [2.24, 2.45) is 0 Å². The van der Waals surface area contributed by atoms with Crippen LogP contribution in [0.1, 0.15) is 23.6 Å². The number of aliphatic hydroxyl groups excluding tert-OH is 1. The molecule has 1 aliphatic rings. The Morgan fingerprint density at radius 3 is 2.48 bits per heavy atom. The molecule has 170 valence electrons. The van der Waals surface area contributed by atoms with Crippen LogP contribution < -0.4 is 4.74 Å². The van der Waals surface area contributed by atoms with Crippen LogP contribution in [-0.4, -0.2) is 44.9 Å². The molecule has 0 spiro atoms. The topological polar surface area (TPSA) is 84.7 Å². The molecular formula is C24H21Cl2N3O4. The van der Waals surface area contributed by atoms with Crippen LogP contribution in [0.4, 0.5) is 0 Å². The molecule has 0 saturated carbocycles. The molecule has 3 aromatic rings. The van der Waals surface area contributed by atoms with E-state index in [1.807, 2.05) is 10.8 Å². The molecule has 0 bridgehead atoms. The van der Waals surface area contributed by atoms with Crippen LogP contribution in [0.2, 0.25) is 10.0 Å². The first kappa shape index (κ1) is 22.9. The number of ether oxygens (including phenoxy) is 1. The lowest BCUT2D eigenvalue weighted by atomic mass is 9.95. The number of hydrogen-bond acceptors (Lipinski definition) is 5. The van der Waals surface area contributed by atoms with E-state index in [2.05, 4.69) is 4.98 Å². The average Bonchev–Trinajstić information content (AvgIpc) is 3.43. The van der Waals surface area contributed by atoms with Gasteiger partial charge in [0.15, 0.2) is 0 Å². The standard InChI is InChI=1S/C24H21Cl2N3O4/c1-33-17-6-3-15(4-7-17)22(30)20-21(16-5-8-18(25)19(26)13-16)29(24(32)23(20)31)11-2-10-28-12-9-27-14-28/h3-9,12-14,21,30H,2,10-11H2,1H3. The van der Waals surface area contributed by atoms with Crippen LogP contribution >= 0.6 is 23.2 Å². The largest absolute Gasteiger partial charge is 0.507 e. The number of aromatic nitrogens is 2. The van der Waals surface area contributed by atoms with Crippen molar-refractivity contribution in [1.82, 2.24) is 14.5 Å². The van der Waals surface area contributed by atoms with Crippen molar-refractivity contribution in [3.05, 3.63) is 87.9 Å². The van der Waals surface area contributed by atoms with Crippen molar-refractivity contribution >= 4 is 40.7 Å². The number of benzene rings is 2. The number of carbonyl (C=O) groups excluding carboxylic acids is 2. The van der Waals surface area contributed by atoms with Crippen molar-refractivity contribution in [2.75, 3.05) is 13.7 Å². The number of amides is 1. The number of hydrogen-bond donors (Lipinski definition) is 1. The number of aryl methyl sites for hydroxylation is 1. The fourth-order valence-electron chi connectivity index (χ4n) is 3.89. The Hall–Kier alpha value is -3.29. The fourth-order valence-corrected chi connectivity index (χ4v) is 4.19. The number of halogens is 2. The fraction of sp³-hybridized carbons (Fsp3) is 0.208. The molecule has 1 fully saturated rings. The normalized spacial score (nSPS) is 17.5. The maximum atomic E-state index is 13.1. The number of aliphatic hydroxyl groups is 1. The number of imidazole rings is 1. The smallest absolute Gasteiger partial charge is 0.295 e. The van der Waals surface area contributed by atoms with Gasteiger partial charge >= 0.3 is 0 Å². The van der Waals surface area contributed by atoms with E-state index in [-0.39, 0.29) is 11.3 Å². The molecular weight excluding hydrogens is 465 g/mol. The third-order valence-electron chi connectivity index (χ3n) is 5.54. The second kappa shape index (κ2) is 9.68. The molecule has 4 rings (SSSR count). The monoisotopic (exact) mass is 485 g/mol.